The Labute approximate surface area is 121 Å². The zero-order chi connectivity index (χ0) is 14.8. The normalized spacial score (nSPS) is 22.6. The zero-order valence-electron chi connectivity index (χ0n) is 11.3. The highest BCUT2D eigenvalue weighted by atomic mass is 32.2. The summed E-state index contributed by atoms with van der Waals surface area (Å²) in [6.45, 7) is 0.932. The van der Waals surface area contributed by atoms with Gasteiger partial charge in [-0.3, -0.25) is 4.21 Å². The molecule has 1 aliphatic heterocycles. The predicted molar refractivity (Wildman–Crippen MR) is 76.8 cm³/mol. The maximum absolute atomic E-state index is 13.1. The van der Waals surface area contributed by atoms with Gasteiger partial charge in [-0.25, -0.2) is 17.1 Å². The van der Waals surface area contributed by atoms with Crippen LogP contribution < -0.4 is 0 Å². The summed E-state index contributed by atoms with van der Waals surface area (Å²) in [7, 11) is -4.49. The maximum Gasteiger partial charge on any atom is 0.211 e. The molecule has 1 heterocycles. The molecular formula is C13H18FNO3S2. The van der Waals surface area contributed by atoms with E-state index in [9.17, 15) is 17.0 Å². The van der Waals surface area contributed by atoms with E-state index >= 15 is 0 Å². The molecule has 1 aromatic carbocycles. The van der Waals surface area contributed by atoms with E-state index in [0.29, 0.717) is 23.7 Å². The summed E-state index contributed by atoms with van der Waals surface area (Å²) in [4.78, 5) is 0.460. The minimum Gasteiger partial charge on any atom is -0.254 e. The smallest absolute Gasteiger partial charge is 0.211 e. The number of piperidine rings is 1. The lowest BCUT2D eigenvalue weighted by Gasteiger charge is -2.30. The second kappa shape index (κ2) is 6.32. The van der Waals surface area contributed by atoms with Crippen LogP contribution in [-0.4, -0.2) is 42.0 Å². The Bertz CT molecular complexity index is 603. The van der Waals surface area contributed by atoms with Gasteiger partial charge in [0.05, 0.1) is 17.1 Å². The van der Waals surface area contributed by atoms with Crippen molar-refractivity contribution in [3.05, 3.63) is 30.1 Å². The van der Waals surface area contributed by atoms with Gasteiger partial charge < -0.3 is 0 Å². The van der Waals surface area contributed by atoms with E-state index < -0.39 is 26.6 Å². The SMILES string of the molecule is CS(=O)(=O)N1CCCC(CS(=O)c2cccc(F)c2)C1. The lowest BCUT2D eigenvalue weighted by Crippen LogP contribution is -2.40. The maximum atomic E-state index is 13.1. The molecule has 1 saturated heterocycles. The van der Waals surface area contributed by atoms with Gasteiger partial charge in [0.15, 0.2) is 0 Å². The van der Waals surface area contributed by atoms with E-state index in [1.807, 2.05) is 0 Å². The number of sulfonamides is 1. The Hall–Kier alpha value is -0.790. The highest BCUT2D eigenvalue weighted by Crippen LogP contribution is 2.21. The average Bonchev–Trinajstić information content (AvgIpc) is 2.38. The molecule has 0 aromatic heterocycles. The van der Waals surface area contributed by atoms with E-state index in [2.05, 4.69) is 0 Å². The van der Waals surface area contributed by atoms with Crippen molar-refractivity contribution in [3.8, 4) is 0 Å². The molecule has 7 heteroatoms. The van der Waals surface area contributed by atoms with Gasteiger partial charge in [0.2, 0.25) is 10.0 Å². The molecule has 1 aliphatic rings. The second-order valence-electron chi connectivity index (χ2n) is 5.10. The molecule has 0 bridgehead atoms. The van der Waals surface area contributed by atoms with Gasteiger partial charge in [0.25, 0.3) is 0 Å². The standard InChI is InChI=1S/C13H18FNO3S2/c1-20(17,18)15-7-3-4-11(9-15)10-19(16)13-6-2-5-12(14)8-13/h2,5-6,8,11H,3-4,7,9-10H2,1H3. The van der Waals surface area contributed by atoms with E-state index in [1.54, 1.807) is 6.07 Å². The van der Waals surface area contributed by atoms with Crippen LogP contribution >= 0.6 is 0 Å². The van der Waals surface area contributed by atoms with Crippen molar-refractivity contribution in [2.75, 3.05) is 25.1 Å². The quantitative estimate of drug-likeness (QED) is 0.847. The third kappa shape index (κ3) is 4.10. The predicted octanol–water partition coefficient (Wildman–Crippen LogP) is 1.60. The molecule has 2 unspecified atom stereocenters. The van der Waals surface area contributed by atoms with E-state index in [0.717, 1.165) is 12.8 Å². The number of rotatable bonds is 4. The fourth-order valence-corrected chi connectivity index (χ4v) is 4.69. The Morgan fingerprint density at radius 2 is 2.20 bits per heavy atom. The molecule has 2 atom stereocenters. The summed E-state index contributed by atoms with van der Waals surface area (Å²) in [5.41, 5.74) is 0. The minimum absolute atomic E-state index is 0.0579. The summed E-state index contributed by atoms with van der Waals surface area (Å²) in [5.74, 6) is 0.0231. The molecule has 0 N–H and O–H groups in total. The summed E-state index contributed by atoms with van der Waals surface area (Å²) in [6.07, 6.45) is 2.82. The number of halogens is 1. The second-order valence-corrected chi connectivity index (χ2v) is 8.58. The summed E-state index contributed by atoms with van der Waals surface area (Å²) in [6, 6.07) is 5.75. The Morgan fingerprint density at radius 3 is 2.85 bits per heavy atom. The Morgan fingerprint density at radius 1 is 1.45 bits per heavy atom. The lowest BCUT2D eigenvalue weighted by molar-refractivity contribution is 0.285. The number of benzene rings is 1. The molecule has 1 fully saturated rings. The zero-order valence-corrected chi connectivity index (χ0v) is 12.9. The molecule has 0 aliphatic carbocycles. The topological polar surface area (TPSA) is 54.5 Å². The van der Waals surface area contributed by atoms with Crippen molar-refractivity contribution in [1.29, 1.82) is 0 Å². The first-order chi connectivity index (χ1) is 9.36. The fourth-order valence-electron chi connectivity index (χ4n) is 2.38. The van der Waals surface area contributed by atoms with Crippen molar-refractivity contribution in [3.63, 3.8) is 0 Å². The number of hydrogen-bond donors (Lipinski definition) is 0. The molecular weight excluding hydrogens is 301 g/mol. The van der Waals surface area contributed by atoms with Crippen LogP contribution in [0, 0.1) is 11.7 Å². The Balaban J connectivity index is 2.01. The van der Waals surface area contributed by atoms with Crippen molar-refractivity contribution >= 4 is 20.8 Å². The van der Waals surface area contributed by atoms with Gasteiger partial charge in [-0.15, -0.1) is 0 Å². The van der Waals surface area contributed by atoms with Crippen LogP contribution in [0.2, 0.25) is 0 Å². The molecule has 0 amide bonds. The highest BCUT2D eigenvalue weighted by molar-refractivity contribution is 7.88. The van der Waals surface area contributed by atoms with Crippen LogP contribution in [-0.2, 0) is 20.8 Å². The van der Waals surface area contributed by atoms with E-state index in [1.165, 1.54) is 28.8 Å². The molecule has 20 heavy (non-hydrogen) atoms. The van der Waals surface area contributed by atoms with Crippen LogP contribution in [0.15, 0.2) is 29.2 Å². The van der Waals surface area contributed by atoms with Gasteiger partial charge >= 0.3 is 0 Å². The Kier molecular flexibility index (Phi) is 4.93. The first-order valence-electron chi connectivity index (χ1n) is 6.45. The first-order valence-corrected chi connectivity index (χ1v) is 9.62. The van der Waals surface area contributed by atoms with Gasteiger partial charge in [0.1, 0.15) is 5.82 Å². The fraction of sp³-hybridized carbons (Fsp3) is 0.538. The van der Waals surface area contributed by atoms with Crippen molar-refractivity contribution in [2.45, 2.75) is 17.7 Å². The number of hydrogen-bond acceptors (Lipinski definition) is 3. The van der Waals surface area contributed by atoms with Crippen LogP contribution in [0.1, 0.15) is 12.8 Å². The van der Waals surface area contributed by atoms with Crippen LogP contribution in [0.3, 0.4) is 0 Å². The third-order valence-electron chi connectivity index (χ3n) is 3.40. The van der Waals surface area contributed by atoms with Gasteiger partial charge in [0, 0.05) is 23.7 Å². The van der Waals surface area contributed by atoms with Crippen LogP contribution in [0.5, 0.6) is 0 Å². The molecule has 1 aromatic rings. The van der Waals surface area contributed by atoms with Gasteiger partial charge in [-0.2, -0.15) is 0 Å². The van der Waals surface area contributed by atoms with E-state index in [4.69, 9.17) is 0 Å². The summed E-state index contributed by atoms with van der Waals surface area (Å²) < 4.78 is 49.8. The monoisotopic (exact) mass is 319 g/mol. The third-order valence-corrected chi connectivity index (χ3v) is 6.22. The molecule has 0 radical (unpaired) electrons. The molecule has 4 nitrogen and oxygen atoms in total. The van der Waals surface area contributed by atoms with Gasteiger partial charge in [-0.1, -0.05) is 6.07 Å². The van der Waals surface area contributed by atoms with Gasteiger partial charge in [-0.05, 0) is 37.0 Å². The first kappa shape index (κ1) is 15.6. The van der Waals surface area contributed by atoms with Crippen LogP contribution in [0.25, 0.3) is 0 Å². The van der Waals surface area contributed by atoms with E-state index in [-0.39, 0.29) is 5.92 Å². The van der Waals surface area contributed by atoms with Crippen LogP contribution in [0.4, 0.5) is 4.39 Å². The summed E-state index contributed by atoms with van der Waals surface area (Å²) >= 11 is 0. The minimum atomic E-state index is -3.19. The lowest BCUT2D eigenvalue weighted by atomic mass is 10.0. The molecule has 2 rings (SSSR count). The average molecular weight is 319 g/mol. The van der Waals surface area contributed by atoms with Crippen molar-refractivity contribution < 1.29 is 17.0 Å². The molecule has 0 saturated carbocycles. The number of nitrogens with zero attached hydrogens (tertiary/aromatic N) is 1. The van der Waals surface area contributed by atoms with Crippen molar-refractivity contribution in [2.24, 2.45) is 5.92 Å². The van der Waals surface area contributed by atoms with Crippen molar-refractivity contribution in [1.82, 2.24) is 4.31 Å². The molecule has 112 valence electrons. The molecule has 0 spiro atoms. The highest BCUT2D eigenvalue weighted by Gasteiger charge is 2.27. The largest absolute Gasteiger partial charge is 0.254 e. The summed E-state index contributed by atoms with van der Waals surface area (Å²) in [5, 5.41) is 0.